The molecule has 0 aromatic carbocycles. The Balaban J connectivity index is 4.27. The topological polar surface area (TPSA) is 73.9 Å². The predicted molar refractivity (Wildman–Crippen MR) is 246 cm³/mol. The summed E-state index contributed by atoms with van der Waals surface area (Å²) >= 11 is 0. The molecule has 6 heteroatoms. The molecule has 0 spiro atoms. The molecule has 0 amide bonds. The van der Waals surface area contributed by atoms with E-state index in [1.807, 2.05) is 0 Å². The summed E-state index contributed by atoms with van der Waals surface area (Å²) < 4.78 is 11.5. The fraction of sp³-hybridized carbons (Fsp3) is 0.961. The van der Waals surface area contributed by atoms with Gasteiger partial charge in [-0.3, -0.25) is 9.59 Å². The molecule has 0 aliphatic rings. The van der Waals surface area contributed by atoms with Gasteiger partial charge in [0, 0.05) is 18.9 Å². The first-order valence-corrected chi connectivity index (χ1v) is 25.7. The Morgan fingerprint density at radius 3 is 1.11 bits per heavy atom. The fourth-order valence-electron chi connectivity index (χ4n) is 8.02. The Morgan fingerprint density at radius 2 is 0.684 bits per heavy atom. The highest BCUT2D eigenvalue weighted by atomic mass is 16.6. The molecule has 0 radical (unpaired) electrons. The Labute approximate surface area is 356 Å². The van der Waals surface area contributed by atoms with Crippen LogP contribution >= 0.6 is 0 Å². The van der Waals surface area contributed by atoms with Crippen molar-refractivity contribution in [2.45, 2.75) is 285 Å². The lowest BCUT2D eigenvalue weighted by Gasteiger charge is -2.19. The zero-order valence-corrected chi connectivity index (χ0v) is 39.3. The van der Waals surface area contributed by atoms with Crippen molar-refractivity contribution in [1.82, 2.24) is 5.48 Å². The highest BCUT2D eigenvalue weighted by Crippen LogP contribution is 2.21. The summed E-state index contributed by atoms with van der Waals surface area (Å²) in [6.45, 7) is 13.3. The van der Waals surface area contributed by atoms with Gasteiger partial charge in [0.05, 0.1) is 19.8 Å². The van der Waals surface area contributed by atoms with Gasteiger partial charge in [-0.1, -0.05) is 208 Å². The lowest BCUT2D eigenvalue weighted by atomic mass is 9.96. The third-order valence-corrected chi connectivity index (χ3v) is 12.0. The van der Waals surface area contributed by atoms with Crippen LogP contribution in [0.5, 0.6) is 0 Å². The minimum absolute atomic E-state index is 0.00879. The van der Waals surface area contributed by atoms with Crippen molar-refractivity contribution in [3.63, 3.8) is 0 Å². The maximum atomic E-state index is 12.4. The molecule has 2 unspecified atom stereocenters. The van der Waals surface area contributed by atoms with Crippen LogP contribution in [0, 0.1) is 11.8 Å². The first-order chi connectivity index (χ1) is 28.0. The molecule has 0 fully saturated rings. The third kappa shape index (κ3) is 41.4. The van der Waals surface area contributed by atoms with Gasteiger partial charge in [0.1, 0.15) is 0 Å². The largest absolute Gasteiger partial charge is 0.465 e. The van der Waals surface area contributed by atoms with Crippen LogP contribution in [0.1, 0.15) is 279 Å². The molecule has 2 atom stereocenters. The summed E-state index contributed by atoms with van der Waals surface area (Å²) in [6.07, 6.45) is 45.2. The maximum Gasteiger partial charge on any atom is 0.305 e. The molecule has 0 saturated carbocycles. The number of carbonyl (C=O) groups is 2. The molecule has 0 aliphatic heterocycles. The van der Waals surface area contributed by atoms with Gasteiger partial charge in [0.25, 0.3) is 0 Å². The van der Waals surface area contributed by atoms with E-state index in [4.69, 9.17) is 14.3 Å². The first kappa shape index (κ1) is 55.9. The van der Waals surface area contributed by atoms with Gasteiger partial charge in [-0.05, 0) is 69.6 Å². The number of hydroxylamine groups is 1. The van der Waals surface area contributed by atoms with Gasteiger partial charge in [-0.25, -0.2) is 0 Å². The quantitative estimate of drug-likeness (QED) is 0.0375. The van der Waals surface area contributed by atoms with E-state index in [1.54, 1.807) is 0 Å². The van der Waals surface area contributed by atoms with E-state index in [9.17, 15) is 9.59 Å². The lowest BCUT2D eigenvalue weighted by Crippen LogP contribution is -2.29. The number of nitrogens with one attached hydrogen (secondary N) is 1. The average Bonchev–Trinajstić information content (AvgIpc) is 3.21. The van der Waals surface area contributed by atoms with Gasteiger partial charge in [0.15, 0.2) is 0 Å². The zero-order chi connectivity index (χ0) is 41.7. The monoisotopic (exact) mass is 808 g/mol. The highest BCUT2D eigenvalue weighted by molar-refractivity contribution is 5.69. The predicted octanol–water partition coefficient (Wildman–Crippen LogP) is 16.1. The van der Waals surface area contributed by atoms with Gasteiger partial charge in [-0.15, -0.1) is 0 Å². The summed E-state index contributed by atoms with van der Waals surface area (Å²) in [5, 5.41) is 0. The first-order valence-electron chi connectivity index (χ1n) is 25.7. The molecule has 0 bridgehead atoms. The SMILES string of the molecule is CCCCCCCCONC(CCCCCCCCC(=O)OCC(CCCC)CCCCCC)CCCCCCCCC(=O)OCC(CCCC)CCCCCC. The molecule has 0 aromatic heterocycles. The second-order valence-electron chi connectivity index (χ2n) is 17.8. The molecular formula is C51H101NO5. The Morgan fingerprint density at radius 1 is 0.368 bits per heavy atom. The summed E-state index contributed by atoms with van der Waals surface area (Å²) in [5.74, 6) is 1.10. The van der Waals surface area contributed by atoms with Gasteiger partial charge in [-0.2, -0.15) is 5.48 Å². The number of hydrogen-bond donors (Lipinski definition) is 1. The minimum Gasteiger partial charge on any atom is -0.465 e. The number of ether oxygens (including phenoxy) is 2. The fourth-order valence-corrected chi connectivity index (χ4v) is 8.02. The molecular weight excluding hydrogens is 707 g/mol. The summed E-state index contributed by atoms with van der Waals surface area (Å²) in [4.78, 5) is 30.9. The number of unbranched alkanes of at least 4 members (excludes halogenated alkanes) is 23. The van der Waals surface area contributed by atoms with Crippen molar-refractivity contribution in [2.24, 2.45) is 11.8 Å². The number of carbonyl (C=O) groups excluding carboxylic acids is 2. The van der Waals surface area contributed by atoms with Crippen LogP contribution in [0.3, 0.4) is 0 Å². The van der Waals surface area contributed by atoms with Crippen LogP contribution in [-0.4, -0.2) is 37.8 Å². The third-order valence-electron chi connectivity index (χ3n) is 12.0. The normalized spacial score (nSPS) is 13.1. The lowest BCUT2D eigenvalue weighted by molar-refractivity contribution is -0.146. The Kier molecular flexibility index (Phi) is 45.0. The van der Waals surface area contributed by atoms with Crippen molar-refractivity contribution in [2.75, 3.05) is 19.8 Å². The van der Waals surface area contributed by atoms with Crippen LogP contribution in [0.4, 0.5) is 0 Å². The molecule has 1 N–H and O–H groups in total. The van der Waals surface area contributed by atoms with Gasteiger partial charge < -0.3 is 14.3 Å². The van der Waals surface area contributed by atoms with Crippen molar-refractivity contribution >= 4 is 11.9 Å². The second kappa shape index (κ2) is 45.9. The van der Waals surface area contributed by atoms with Gasteiger partial charge in [0.2, 0.25) is 0 Å². The standard InChI is InChI=1S/C51H101NO5/c1-6-11-16-19-28-35-44-57-52-49(40-31-24-20-22-26-33-42-50(53)55-45-47(36-14-9-4)38-29-17-12-7-2)41-32-25-21-23-27-34-43-51(54)56-46-48(37-15-10-5)39-30-18-13-8-3/h47-49,52H,6-46H2,1-5H3. The van der Waals surface area contributed by atoms with Crippen molar-refractivity contribution < 1.29 is 23.9 Å². The average molecular weight is 808 g/mol. The minimum atomic E-state index is 0.00879. The van der Waals surface area contributed by atoms with Gasteiger partial charge >= 0.3 is 11.9 Å². The molecule has 57 heavy (non-hydrogen) atoms. The van der Waals surface area contributed by atoms with E-state index in [2.05, 4.69) is 40.1 Å². The van der Waals surface area contributed by atoms with E-state index in [-0.39, 0.29) is 11.9 Å². The van der Waals surface area contributed by atoms with Crippen molar-refractivity contribution in [3.8, 4) is 0 Å². The molecule has 0 heterocycles. The molecule has 0 aliphatic carbocycles. The van der Waals surface area contributed by atoms with E-state index < -0.39 is 0 Å². The Bertz CT molecular complexity index is 765. The number of esters is 2. The molecule has 340 valence electrons. The summed E-state index contributed by atoms with van der Waals surface area (Å²) in [6, 6.07) is 0.426. The number of rotatable bonds is 47. The van der Waals surface area contributed by atoms with E-state index in [0.29, 0.717) is 43.9 Å². The van der Waals surface area contributed by atoms with E-state index >= 15 is 0 Å². The summed E-state index contributed by atoms with van der Waals surface area (Å²) in [7, 11) is 0. The second-order valence-corrected chi connectivity index (χ2v) is 17.8. The smallest absolute Gasteiger partial charge is 0.305 e. The Hall–Kier alpha value is -1.14. The van der Waals surface area contributed by atoms with E-state index in [1.165, 1.54) is 199 Å². The highest BCUT2D eigenvalue weighted by Gasteiger charge is 2.14. The van der Waals surface area contributed by atoms with Crippen LogP contribution in [0.15, 0.2) is 0 Å². The molecule has 6 nitrogen and oxygen atoms in total. The van der Waals surface area contributed by atoms with Crippen LogP contribution in [0.2, 0.25) is 0 Å². The zero-order valence-electron chi connectivity index (χ0n) is 39.3. The van der Waals surface area contributed by atoms with Crippen LogP contribution in [-0.2, 0) is 23.9 Å². The van der Waals surface area contributed by atoms with Crippen LogP contribution < -0.4 is 5.48 Å². The summed E-state index contributed by atoms with van der Waals surface area (Å²) in [5.41, 5.74) is 3.46. The molecule has 0 rings (SSSR count). The van der Waals surface area contributed by atoms with Crippen LogP contribution in [0.25, 0.3) is 0 Å². The molecule has 0 aromatic rings. The van der Waals surface area contributed by atoms with Crippen molar-refractivity contribution in [3.05, 3.63) is 0 Å². The number of hydrogen-bond acceptors (Lipinski definition) is 6. The maximum absolute atomic E-state index is 12.4. The van der Waals surface area contributed by atoms with E-state index in [0.717, 1.165) is 38.7 Å². The van der Waals surface area contributed by atoms with Crippen molar-refractivity contribution in [1.29, 1.82) is 0 Å². The molecule has 0 saturated heterocycles.